The van der Waals surface area contributed by atoms with E-state index in [9.17, 15) is 14.9 Å². The number of hydrogen-bond acceptors (Lipinski definition) is 5. The van der Waals surface area contributed by atoms with Crippen molar-refractivity contribution in [1.82, 2.24) is 9.78 Å². The van der Waals surface area contributed by atoms with Gasteiger partial charge in [0.15, 0.2) is 5.78 Å². The fourth-order valence-electron chi connectivity index (χ4n) is 2.37. The summed E-state index contributed by atoms with van der Waals surface area (Å²) in [6.07, 6.45) is 4.56. The molecule has 7 nitrogen and oxygen atoms in total. The van der Waals surface area contributed by atoms with E-state index >= 15 is 0 Å². The van der Waals surface area contributed by atoms with Crippen LogP contribution in [0, 0.1) is 17.0 Å². The van der Waals surface area contributed by atoms with Crippen LogP contribution < -0.4 is 0 Å². The van der Waals surface area contributed by atoms with Crippen molar-refractivity contribution in [2.45, 2.75) is 13.5 Å². The highest BCUT2D eigenvalue weighted by Gasteiger charge is 2.19. The lowest BCUT2D eigenvalue weighted by Crippen LogP contribution is -2.00. The highest BCUT2D eigenvalue weighted by molar-refractivity contribution is 9.10. The van der Waals surface area contributed by atoms with E-state index < -0.39 is 4.92 Å². The van der Waals surface area contributed by atoms with Crippen molar-refractivity contribution in [2.24, 2.45) is 0 Å². The van der Waals surface area contributed by atoms with Crippen LogP contribution in [0.5, 0.6) is 0 Å². The Labute approximate surface area is 157 Å². The first-order chi connectivity index (χ1) is 12.4. The lowest BCUT2D eigenvalue weighted by molar-refractivity contribution is -0.390. The quantitative estimate of drug-likeness (QED) is 0.257. The molecule has 0 aliphatic carbocycles. The summed E-state index contributed by atoms with van der Waals surface area (Å²) in [4.78, 5) is 22.4. The Morgan fingerprint density at radius 1 is 1.38 bits per heavy atom. The molecule has 0 unspecified atom stereocenters. The summed E-state index contributed by atoms with van der Waals surface area (Å²) in [6.45, 7) is 2.17. The molecule has 0 fully saturated rings. The SMILES string of the molecule is Cc1cccc(C(=O)/C=C/c2ccc(Cn3cc(Br)c([N+](=O)[O-])n3)o2)c1. The lowest BCUT2D eigenvalue weighted by atomic mass is 10.1. The normalized spacial score (nSPS) is 11.2. The molecular formula is C18H14BrN3O4. The molecule has 0 amide bonds. The molecule has 2 aromatic heterocycles. The summed E-state index contributed by atoms with van der Waals surface area (Å²) in [5.41, 5.74) is 1.63. The molecule has 26 heavy (non-hydrogen) atoms. The maximum atomic E-state index is 12.2. The molecule has 132 valence electrons. The predicted molar refractivity (Wildman–Crippen MR) is 98.9 cm³/mol. The van der Waals surface area contributed by atoms with Gasteiger partial charge in [-0.1, -0.05) is 23.8 Å². The van der Waals surface area contributed by atoms with Gasteiger partial charge in [-0.15, -0.1) is 0 Å². The number of allylic oxidation sites excluding steroid dienone is 1. The van der Waals surface area contributed by atoms with Gasteiger partial charge in [-0.2, -0.15) is 4.68 Å². The first-order valence-corrected chi connectivity index (χ1v) is 8.47. The molecule has 2 heterocycles. The first-order valence-electron chi connectivity index (χ1n) is 7.67. The average molecular weight is 416 g/mol. The number of benzene rings is 1. The van der Waals surface area contributed by atoms with E-state index in [1.54, 1.807) is 24.3 Å². The van der Waals surface area contributed by atoms with E-state index in [1.165, 1.54) is 17.0 Å². The van der Waals surface area contributed by atoms with Crippen LogP contribution in [0.15, 0.2) is 57.6 Å². The van der Waals surface area contributed by atoms with Gasteiger partial charge in [-0.25, -0.2) is 0 Å². The van der Waals surface area contributed by atoms with Crippen LogP contribution >= 0.6 is 15.9 Å². The summed E-state index contributed by atoms with van der Waals surface area (Å²) < 4.78 is 7.33. The number of furan rings is 1. The third-order valence-electron chi connectivity index (χ3n) is 3.57. The Bertz CT molecular complexity index is 1000. The summed E-state index contributed by atoms with van der Waals surface area (Å²) in [6, 6.07) is 10.8. The molecule has 0 atom stereocenters. The minimum absolute atomic E-state index is 0.113. The number of hydrogen-bond donors (Lipinski definition) is 0. The van der Waals surface area contributed by atoms with E-state index in [2.05, 4.69) is 21.0 Å². The molecule has 0 saturated heterocycles. The lowest BCUT2D eigenvalue weighted by Gasteiger charge is -1.97. The van der Waals surface area contributed by atoms with E-state index in [1.807, 2.05) is 25.1 Å². The van der Waals surface area contributed by atoms with Crippen LogP contribution in [-0.4, -0.2) is 20.5 Å². The van der Waals surface area contributed by atoms with Gasteiger partial charge >= 0.3 is 5.82 Å². The third kappa shape index (κ3) is 4.15. The maximum absolute atomic E-state index is 12.2. The van der Waals surface area contributed by atoms with Crippen molar-refractivity contribution in [1.29, 1.82) is 0 Å². The van der Waals surface area contributed by atoms with Crippen LogP contribution in [0.25, 0.3) is 6.08 Å². The largest absolute Gasteiger partial charge is 0.460 e. The van der Waals surface area contributed by atoms with Crippen LogP contribution in [-0.2, 0) is 6.54 Å². The Balaban J connectivity index is 1.69. The van der Waals surface area contributed by atoms with Crippen molar-refractivity contribution >= 4 is 33.6 Å². The van der Waals surface area contributed by atoms with Crippen LogP contribution in [0.2, 0.25) is 0 Å². The predicted octanol–water partition coefficient (Wildman–Crippen LogP) is 4.40. The molecule has 3 rings (SSSR count). The fraction of sp³-hybridized carbons (Fsp3) is 0.111. The second-order valence-corrected chi connectivity index (χ2v) is 6.48. The van der Waals surface area contributed by atoms with Crippen molar-refractivity contribution in [3.05, 3.63) is 85.9 Å². The molecule has 3 aromatic rings. The van der Waals surface area contributed by atoms with E-state index in [-0.39, 0.29) is 18.1 Å². The topological polar surface area (TPSA) is 91.2 Å². The van der Waals surface area contributed by atoms with Crippen molar-refractivity contribution in [3.8, 4) is 0 Å². The number of carbonyl (C=O) groups is 1. The third-order valence-corrected chi connectivity index (χ3v) is 4.13. The smallest absolute Gasteiger partial charge is 0.404 e. The van der Waals surface area contributed by atoms with Crippen LogP contribution in [0.4, 0.5) is 5.82 Å². The number of halogens is 1. The molecule has 0 aliphatic heterocycles. The Kier molecular flexibility index (Phi) is 5.13. The van der Waals surface area contributed by atoms with Crippen molar-refractivity contribution in [2.75, 3.05) is 0 Å². The van der Waals surface area contributed by atoms with Gasteiger partial charge in [0.1, 0.15) is 22.5 Å². The number of aromatic nitrogens is 2. The number of nitro groups is 1. The first kappa shape index (κ1) is 17.8. The molecule has 0 aliphatic rings. The van der Waals surface area contributed by atoms with Crippen LogP contribution in [0.1, 0.15) is 27.4 Å². The van der Waals surface area contributed by atoms with Gasteiger partial charge in [0.25, 0.3) is 0 Å². The summed E-state index contributed by atoms with van der Waals surface area (Å²) in [5, 5.41) is 14.7. The van der Waals surface area contributed by atoms with Crippen molar-refractivity contribution in [3.63, 3.8) is 0 Å². The Morgan fingerprint density at radius 2 is 2.19 bits per heavy atom. The summed E-state index contributed by atoms with van der Waals surface area (Å²) >= 11 is 3.10. The number of aryl methyl sites for hydroxylation is 1. The zero-order valence-electron chi connectivity index (χ0n) is 13.8. The maximum Gasteiger partial charge on any atom is 0.404 e. The van der Waals surface area contributed by atoms with Crippen LogP contribution in [0.3, 0.4) is 0 Å². The number of rotatable bonds is 6. The standard InChI is InChI=1S/C18H14BrN3O4/c1-12-3-2-4-13(9-12)17(23)8-7-14-5-6-15(26-14)10-21-11-16(19)18(20-21)22(24)25/h2-9,11H,10H2,1H3/b8-7+. The van der Waals surface area contributed by atoms with Gasteiger partial charge in [-0.05, 0) is 58.1 Å². The zero-order chi connectivity index (χ0) is 18.7. The number of nitrogens with zero attached hydrogens (tertiary/aromatic N) is 3. The van der Waals surface area contributed by atoms with E-state index in [0.717, 1.165) is 5.56 Å². The van der Waals surface area contributed by atoms with E-state index in [4.69, 9.17) is 4.42 Å². The van der Waals surface area contributed by atoms with Gasteiger partial charge in [0.2, 0.25) is 0 Å². The summed E-state index contributed by atoms with van der Waals surface area (Å²) in [7, 11) is 0. The number of ketones is 1. The average Bonchev–Trinajstić information content (AvgIpc) is 3.19. The van der Waals surface area contributed by atoms with Gasteiger partial charge in [0.05, 0.1) is 11.3 Å². The zero-order valence-corrected chi connectivity index (χ0v) is 15.3. The number of carbonyl (C=O) groups excluding carboxylic acids is 1. The van der Waals surface area contributed by atoms with Gasteiger partial charge in [0, 0.05) is 5.56 Å². The summed E-state index contributed by atoms with van der Waals surface area (Å²) in [5.74, 6) is 0.720. The molecule has 0 radical (unpaired) electrons. The molecule has 0 saturated carbocycles. The molecule has 8 heteroatoms. The van der Waals surface area contributed by atoms with Gasteiger partial charge in [-0.3, -0.25) is 4.79 Å². The second kappa shape index (κ2) is 7.49. The second-order valence-electron chi connectivity index (χ2n) is 5.63. The minimum atomic E-state index is -0.562. The van der Waals surface area contributed by atoms with Crippen molar-refractivity contribution < 1.29 is 14.1 Å². The van der Waals surface area contributed by atoms with E-state index in [0.29, 0.717) is 21.6 Å². The fourth-order valence-corrected chi connectivity index (χ4v) is 2.83. The molecule has 0 N–H and O–H groups in total. The molecule has 0 bridgehead atoms. The molecular weight excluding hydrogens is 402 g/mol. The van der Waals surface area contributed by atoms with Gasteiger partial charge < -0.3 is 14.5 Å². The Morgan fingerprint density at radius 3 is 2.88 bits per heavy atom. The minimum Gasteiger partial charge on any atom is -0.460 e. The highest BCUT2D eigenvalue weighted by Crippen LogP contribution is 2.23. The molecule has 1 aromatic carbocycles. The monoisotopic (exact) mass is 415 g/mol. The highest BCUT2D eigenvalue weighted by atomic mass is 79.9. The molecule has 0 spiro atoms. The Hall–Kier alpha value is -3.00.